The number of piperazine rings is 1. The van der Waals surface area contributed by atoms with E-state index >= 15 is 0 Å². The maximum Gasteiger partial charge on any atom is 0.212 e. The minimum Gasteiger partial charge on any atom is -0.506 e. The van der Waals surface area contributed by atoms with Crippen molar-refractivity contribution in [1.29, 1.82) is 0 Å². The molecule has 2 atom stereocenters. The van der Waals surface area contributed by atoms with Crippen LogP contribution in [-0.2, 0) is 13.1 Å². The third-order valence-corrected chi connectivity index (χ3v) is 7.24. The number of nitrogens with zero attached hydrogens (tertiary/aromatic N) is 8. The van der Waals surface area contributed by atoms with Crippen LogP contribution >= 0.6 is 0 Å². The van der Waals surface area contributed by atoms with Crippen molar-refractivity contribution < 1.29 is 9.84 Å². The molecule has 35 heavy (non-hydrogen) atoms. The van der Waals surface area contributed by atoms with Gasteiger partial charge in [-0.1, -0.05) is 6.07 Å². The lowest BCUT2D eigenvalue weighted by Crippen LogP contribution is -2.68. The van der Waals surface area contributed by atoms with E-state index in [0.717, 1.165) is 47.8 Å². The van der Waals surface area contributed by atoms with Gasteiger partial charge in [0.25, 0.3) is 0 Å². The van der Waals surface area contributed by atoms with Crippen molar-refractivity contribution in [3.63, 3.8) is 0 Å². The number of aliphatic imine (C=N–C) groups is 1. The first-order chi connectivity index (χ1) is 17.2. The Morgan fingerprint density at radius 1 is 1.09 bits per heavy atom. The molecular weight excluding hydrogens is 444 g/mol. The zero-order chi connectivity index (χ0) is 23.5. The summed E-state index contributed by atoms with van der Waals surface area (Å²) in [6.07, 6.45) is 10.2. The van der Waals surface area contributed by atoms with Crippen molar-refractivity contribution in [2.75, 3.05) is 25.1 Å². The van der Waals surface area contributed by atoms with Gasteiger partial charge in [0.15, 0.2) is 0 Å². The molecule has 0 spiro atoms. The van der Waals surface area contributed by atoms with Crippen LogP contribution in [0.2, 0.25) is 0 Å². The second kappa shape index (κ2) is 7.74. The second-order valence-corrected chi connectivity index (χ2v) is 9.32. The van der Waals surface area contributed by atoms with Crippen molar-refractivity contribution in [2.24, 2.45) is 4.99 Å². The molecule has 0 aliphatic carbocycles. The van der Waals surface area contributed by atoms with E-state index in [1.165, 1.54) is 12.0 Å². The number of methoxy groups -OCH3 is 1. The van der Waals surface area contributed by atoms with Gasteiger partial charge in [-0.2, -0.15) is 5.10 Å². The summed E-state index contributed by atoms with van der Waals surface area (Å²) >= 11 is 0. The molecule has 4 aromatic heterocycles. The Bertz CT molecular complexity index is 1440. The van der Waals surface area contributed by atoms with Crippen LogP contribution in [-0.4, -0.2) is 73.1 Å². The van der Waals surface area contributed by atoms with Gasteiger partial charge in [-0.25, -0.2) is 14.5 Å². The van der Waals surface area contributed by atoms with Gasteiger partial charge in [-0.15, -0.1) is 0 Å². The highest BCUT2D eigenvalue weighted by Gasteiger charge is 2.44. The first-order valence-electron chi connectivity index (χ1n) is 11.7. The van der Waals surface area contributed by atoms with E-state index in [1.54, 1.807) is 30.1 Å². The molecule has 3 saturated heterocycles. The van der Waals surface area contributed by atoms with Crippen LogP contribution in [0.5, 0.6) is 11.6 Å². The molecule has 10 heteroatoms. The summed E-state index contributed by atoms with van der Waals surface area (Å²) in [4.78, 5) is 23.0. The standard InChI is InChI=1S/C25H24N8O2/c1-35-24-3-2-15(6-29-24)11-32-16-4-17(32)13-31(12-16)23-10-27-21(9-28-23)19-5-18(34)14-33-25(19)20-7-26-8-22(20)30-33/h2-3,5-7,9-10,14,16-17,34H,4,8,11-13H2,1H3. The van der Waals surface area contributed by atoms with Gasteiger partial charge in [0.1, 0.15) is 11.6 Å². The number of aromatic hydroxyl groups is 1. The summed E-state index contributed by atoms with van der Waals surface area (Å²) in [7, 11) is 1.63. The Kier molecular flexibility index (Phi) is 4.50. The molecule has 2 bridgehead atoms. The van der Waals surface area contributed by atoms with Gasteiger partial charge < -0.3 is 14.7 Å². The summed E-state index contributed by atoms with van der Waals surface area (Å²) in [5.41, 5.74) is 5.48. The number of piperidine rings is 1. The third-order valence-electron chi connectivity index (χ3n) is 7.24. The Morgan fingerprint density at radius 3 is 2.71 bits per heavy atom. The summed E-state index contributed by atoms with van der Waals surface area (Å²) in [6.45, 7) is 3.32. The number of fused-ring (bicyclic) bond motifs is 5. The number of hydrogen-bond acceptors (Lipinski definition) is 9. The predicted octanol–water partition coefficient (Wildman–Crippen LogP) is 2.30. The largest absolute Gasteiger partial charge is 0.506 e. The van der Waals surface area contributed by atoms with E-state index < -0.39 is 0 Å². The average molecular weight is 469 g/mol. The Hall–Kier alpha value is -4.05. The first kappa shape index (κ1) is 20.3. The number of rotatable bonds is 5. The van der Waals surface area contributed by atoms with Gasteiger partial charge in [-0.3, -0.25) is 14.9 Å². The van der Waals surface area contributed by atoms with Crippen molar-refractivity contribution in [1.82, 2.24) is 29.5 Å². The normalized spacial score (nSPS) is 20.8. The molecule has 8 rings (SSSR count). The van der Waals surface area contributed by atoms with E-state index in [9.17, 15) is 5.11 Å². The highest BCUT2D eigenvalue weighted by atomic mass is 16.5. The molecular formula is C25H24N8O2. The molecule has 1 N–H and O–H groups in total. The molecule has 0 amide bonds. The molecule has 4 aliphatic rings. The molecule has 4 aliphatic heterocycles. The van der Waals surface area contributed by atoms with Crippen LogP contribution in [0.4, 0.5) is 5.82 Å². The lowest BCUT2D eigenvalue weighted by Gasteiger charge is -2.56. The average Bonchev–Trinajstić information content (AvgIpc) is 3.48. The van der Waals surface area contributed by atoms with E-state index in [4.69, 9.17) is 14.7 Å². The van der Waals surface area contributed by atoms with Gasteiger partial charge in [-0.05, 0) is 18.1 Å². The molecule has 0 radical (unpaired) electrons. The van der Waals surface area contributed by atoms with Crippen molar-refractivity contribution in [2.45, 2.75) is 31.6 Å². The summed E-state index contributed by atoms with van der Waals surface area (Å²) in [6, 6.07) is 6.71. The zero-order valence-corrected chi connectivity index (χ0v) is 19.2. The maximum atomic E-state index is 10.2. The SMILES string of the molecule is COc1ccc(CN2C3CC2CN(c2cnc(-c4cc(O)cn5nc6c(c45)C=NC6)cn2)C3)cn1. The molecule has 0 saturated carbocycles. The lowest BCUT2D eigenvalue weighted by molar-refractivity contribution is -0.00879. The van der Waals surface area contributed by atoms with E-state index in [1.807, 2.05) is 24.7 Å². The van der Waals surface area contributed by atoms with Crippen LogP contribution in [0.3, 0.4) is 0 Å². The number of anilines is 1. The van der Waals surface area contributed by atoms with Crippen LogP contribution in [0.25, 0.3) is 16.8 Å². The van der Waals surface area contributed by atoms with Crippen molar-refractivity contribution in [3.05, 3.63) is 59.8 Å². The number of hydrogen-bond donors (Lipinski definition) is 1. The molecule has 8 heterocycles. The Balaban J connectivity index is 1.09. The molecule has 0 aromatic carbocycles. The summed E-state index contributed by atoms with van der Waals surface area (Å²) in [5, 5.41) is 14.8. The fourth-order valence-corrected chi connectivity index (χ4v) is 5.50. The van der Waals surface area contributed by atoms with Crippen LogP contribution < -0.4 is 9.64 Å². The van der Waals surface area contributed by atoms with E-state index in [2.05, 4.69) is 30.9 Å². The highest BCUT2D eigenvalue weighted by molar-refractivity contribution is 5.99. The monoisotopic (exact) mass is 468 g/mol. The smallest absolute Gasteiger partial charge is 0.212 e. The molecule has 10 nitrogen and oxygen atoms in total. The molecule has 3 fully saturated rings. The Morgan fingerprint density at radius 2 is 1.97 bits per heavy atom. The quantitative estimate of drug-likeness (QED) is 0.476. The van der Waals surface area contributed by atoms with Gasteiger partial charge in [0.2, 0.25) is 5.88 Å². The van der Waals surface area contributed by atoms with Crippen LogP contribution in [0, 0.1) is 0 Å². The summed E-state index contributed by atoms with van der Waals surface area (Å²) < 4.78 is 6.87. The fourth-order valence-electron chi connectivity index (χ4n) is 5.50. The zero-order valence-electron chi connectivity index (χ0n) is 19.2. The third kappa shape index (κ3) is 3.32. The van der Waals surface area contributed by atoms with Gasteiger partial charge in [0.05, 0.1) is 49.1 Å². The second-order valence-electron chi connectivity index (χ2n) is 9.32. The van der Waals surface area contributed by atoms with E-state index in [-0.39, 0.29) is 5.75 Å². The summed E-state index contributed by atoms with van der Waals surface area (Å²) in [5.74, 6) is 1.66. The lowest BCUT2D eigenvalue weighted by atomic mass is 9.87. The number of pyridine rings is 2. The number of ether oxygens (including phenoxy) is 1. The topological polar surface area (TPSA) is 104 Å². The van der Waals surface area contributed by atoms with Gasteiger partial charge >= 0.3 is 0 Å². The highest BCUT2D eigenvalue weighted by Crippen LogP contribution is 2.36. The van der Waals surface area contributed by atoms with Crippen molar-refractivity contribution >= 4 is 17.5 Å². The number of aromatic nitrogens is 5. The first-order valence-corrected chi connectivity index (χ1v) is 11.7. The van der Waals surface area contributed by atoms with Crippen LogP contribution in [0.15, 0.2) is 48.0 Å². The minimum atomic E-state index is 0.139. The maximum absolute atomic E-state index is 10.2. The van der Waals surface area contributed by atoms with Crippen molar-refractivity contribution in [3.8, 4) is 22.9 Å². The Labute approximate surface area is 201 Å². The minimum absolute atomic E-state index is 0.139. The van der Waals surface area contributed by atoms with E-state index in [0.29, 0.717) is 30.2 Å². The van der Waals surface area contributed by atoms with Gasteiger partial charge in [0, 0.05) is 61.3 Å². The predicted molar refractivity (Wildman–Crippen MR) is 130 cm³/mol. The molecule has 4 aromatic rings. The molecule has 176 valence electrons. The van der Waals surface area contributed by atoms with Crippen LogP contribution in [0.1, 0.15) is 23.2 Å². The fraction of sp³-hybridized carbons (Fsp3) is 0.320. The molecule has 2 unspecified atom stereocenters.